The van der Waals surface area contributed by atoms with Crippen molar-refractivity contribution in [3.8, 4) is 5.75 Å². The van der Waals surface area contributed by atoms with E-state index in [1.54, 1.807) is 7.11 Å². The van der Waals surface area contributed by atoms with E-state index in [0.717, 1.165) is 18.0 Å². The number of rotatable bonds is 4. The largest absolute Gasteiger partial charge is 0.496 e. The summed E-state index contributed by atoms with van der Waals surface area (Å²) in [5, 5.41) is 3.66. The standard InChI is InChI=1S/C14H20BrNOS/c1-3-7-16-12-6-8-18-9-10-13(17-2)5-4-11(15)14(10)12/h4-5,12,16H,3,6-9H2,1-2H3. The van der Waals surface area contributed by atoms with Crippen LogP contribution >= 0.6 is 27.7 Å². The van der Waals surface area contributed by atoms with Gasteiger partial charge in [-0.05, 0) is 42.8 Å². The van der Waals surface area contributed by atoms with Crippen LogP contribution in [0.25, 0.3) is 0 Å². The van der Waals surface area contributed by atoms with Crippen molar-refractivity contribution in [3.05, 3.63) is 27.7 Å². The summed E-state index contributed by atoms with van der Waals surface area (Å²) in [6, 6.07) is 4.61. The van der Waals surface area contributed by atoms with Crippen molar-refractivity contribution in [2.24, 2.45) is 0 Å². The second kappa shape index (κ2) is 6.83. The van der Waals surface area contributed by atoms with Gasteiger partial charge in [-0.25, -0.2) is 0 Å². The van der Waals surface area contributed by atoms with E-state index in [4.69, 9.17) is 4.74 Å². The summed E-state index contributed by atoms with van der Waals surface area (Å²) < 4.78 is 6.72. The SMILES string of the molecule is CCCNC1CCSCc2c(OC)ccc(Br)c21. The molecule has 0 bridgehead atoms. The Balaban J connectivity index is 2.39. The highest BCUT2D eigenvalue weighted by molar-refractivity contribution is 9.10. The Labute approximate surface area is 122 Å². The number of nitrogens with one attached hydrogen (secondary N) is 1. The predicted molar refractivity (Wildman–Crippen MR) is 82.5 cm³/mol. The second-order valence-corrected chi connectivity index (χ2v) is 6.45. The molecule has 0 aliphatic carbocycles. The fourth-order valence-corrected chi connectivity index (χ4v) is 4.07. The number of methoxy groups -OCH3 is 1. The highest BCUT2D eigenvalue weighted by Crippen LogP contribution is 2.40. The minimum absolute atomic E-state index is 0.444. The van der Waals surface area contributed by atoms with Crippen LogP contribution in [0.5, 0.6) is 5.75 Å². The van der Waals surface area contributed by atoms with Crippen molar-refractivity contribution < 1.29 is 4.74 Å². The number of benzene rings is 1. The molecule has 2 nitrogen and oxygen atoms in total. The Kier molecular flexibility index (Phi) is 5.39. The van der Waals surface area contributed by atoms with Gasteiger partial charge < -0.3 is 10.1 Å². The van der Waals surface area contributed by atoms with Gasteiger partial charge in [-0.1, -0.05) is 22.9 Å². The summed E-state index contributed by atoms with van der Waals surface area (Å²) in [7, 11) is 1.76. The summed E-state index contributed by atoms with van der Waals surface area (Å²) in [6.07, 6.45) is 2.35. The van der Waals surface area contributed by atoms with Gasteiger partial charge in [0.15, 0.2) is 0 Å². The smallest absolute Gasteiger partial charge is 0.123 e. The molecule has 0 saturated carbocycles. The molecule has 1 unspecified atom stereocenters. The topological polar surface area (TPSA) is 21.3 Å². The zero-order valence-corrected chi connectivity index (χ0v) is 13.4. The van der Waals surface area contributed by atoms with Crippen molar-refractivity contribution in [2.45, 2.75) is 31.6 Å². The Morgan fingerprint density at radius 3 is 3.06 bits per heavy atom. The van der Waals surface area contributed by atoms with Gasteiger partial charge >= 0.3 is 0 Å². The van der Waals surface area contributed by atoms with Crippen LogP contribution in [0.2, 0.25) is 0 Å². The third-order valence-corrected chi connectivity index (χ3v) is 4.98. The van der Waals surface area contributed by atoms with Gasteiger partial charge in [-0.3, -0.25) is 0 Å². The summed E-state index contributed by atoms with van der Waals surface area (Å²) in [5.41, 5.74) is 2.75. The van der Waals surface area contributed by atoms with Crippen LogP contribution < -0.4 is 10.1 Å². The average molecular weight is 330 g/mol. The van der Waals surface area contributed by atoms with Crippen molar-refractivity contribution in [1.29, 1.82) is 0 Å². The Hall–Kier alpha value is -0.190. The maximum atomic E-state index is 5.51. The minimum atomic E-state index is 0.444. The molecule has 0 radical (unpaired) electrons. The molecule has 1 aromatic carbocycles. The van der Waals surface area contributed by atoms with Crippen LogP contribution in [0.3, 0.4) is 0 Å². The Morgan fingerprint density at radius 2 is 2.33 bits per heavy atom. The van der Waals surface area contributed by atoms with E-state index in [0.29, 0.717) is 6.04 Å². The lowest BCUT2D eigenvalue weighted by molar-refractivity contribution is 0.408. The van der Waals surface area contributed by atoms with Crippen molar-refractivity contribution in [2.75, 3.05) is 19.4 Å². The van der Waals surface area contributed by atoms with Crippen LogP contribution in [-0.2, 0) is 5.75 Å². The van der Waals surface area contributed by atoms with Crippen LogP contribution in [-0.4, -0.2) is 19.4 Å². The van der Waals surface area contributed by atoms with Crippen molar-refractivity contribution >= 4 is 27.7 Å². The molecule has 0 saturated heterocycles. The van der Waals surface area contributed by atoms with Gasteiger partial charge in [0.1, 0.15) is 5.75 Å². The number of thioether (sulfide) groups is 1. The molecule has 0 amide bonds. The first-order valence-electron chi connectivity index (χ1n) is 6.44. The Morgan fingerprint density at radius 1 is 1.50 bits per heavy atom. The molecule has 1 aliphatic rings. The molecule has 1 atom stereocenters. The fraction of sp³-hybridized carbons (Fsp3) is 0.571. The molecule has 4 heteroatoms. The molecule has 0 fully saturated rings. The van der Waals surface area contributed by atoms with Crippen LogP contribution in [0.4, 0.5) is 0 Å². The molecule has 0 spiro atoms. The van der Waals surface area contributed by atoms with Gasteiger partial charge in [-0.2, -0.15) is 11.8 Å². The van der Waals surface area contributed by atoms with Gasteiger partial charge in [0, 0.05) is 21.8 Å². The first kappa shape index (κ1) is 14.2. The summed E-state index contributed by atoms with van der Waals surface area (Å²) in [6.45, 7) is 3.28. The quantitative estimate of drug-likeness (QED) is 0.897. The van der Waals surface area contributed by atoms with E-state index in [1.807, 2.05) is 11.8 Å². The molecular formula is C14H20BrNOS. The average Bonchev–Trinajstić information content (AvgIpc) is 2.60. The minimum Gasteiger partial charge on any atom is -0.496 e. The first-order valence-corrected chi connectivity index (χ1v) is 8.39. The monoisotopic (exact) mass is 329 g/mol. The summed E-state index contributed by atoms with van der Waals surface area (Å²) in [4.78, 5) is 0. The lowest BCUT2D eigenvalue weighted by Crippen LogP contribution is -2.23. The Bertz CT molecular complexity index is 411. The lowest BCUT2D eigenvalue weighted by Gasteiger charge is -2.21. The zero-order valence-electron chi connectivity index (χ0n) is 11.0. The fourth-order valence-electron chi connectivity index (χ4n) is 2.38. The summed E-state index contributed by atoms with van der Waals surface area (Å²) >= 11 is 5.70. The van der Waals surface area contributed by atoms with Crippen LogP contribution in [0.15, 0.2) is 16.6 Å². The van der Waals surface area contributed by atoms with Crippen LogP contribution in [0.1, 0.15) is 36.9 Å². The third-order valence-electron chi connectivity index (χ3n) is 3.27. The van der Waals surface area contributed by atoms with Gasteiger partial charge in [0.25, 0.3) is 0 Å². The highest BCUT2D eigenvalue weighted by atomic mass is 79.9. The molecule has 100 valence electrons. The molecule has 18 heavy (non-hydrogen) atoms. The molecule has 1 aliphatic heterocycles. The molecule has 1 N–H and O–H groups in total. The lowest BCUT2D eigenvalue weighted by atomic mass is 9.98. The van der Waals surface area contributed by atoms with Gasteiger partial charge in [-0.15, -0.1) is 0 Å². The van der Waals surface area contributed by atoms with E-state index in [-0.39, 0.29) is 0 Å². The maximum Gasteiger partial charge on any atom is 0.123 e. The normalized spacial score (nSPS) is 19.2. The van der Waals surface area contributed by atoms with E-state index in [9.17, 15) is 0 Å². The van der Waals surface area contributed by atoms with Crippen molar-refractivity contribution in [3.63, 3.8) is 0 Å². The second-order valence-electron chi connectivity index (χ2n) is 4.49. The van der Waals surface area contributed by atoms with Gasteiger partial charge in [0.05, 0.1) is 7.11 Å². The van der Waals surface area contributed by atoms with E-state index in [2.05, 4.69) is 40.3 Å². The zero-order chi connectivity index (χ0) is 13.0. The summed E-state index contributed by atoms with van der Waals surface area (Å²) in [5.74, 6) is 3.26. The number of hydrogen-bond acceptors (Lipinski definition) is 3. The first-order chi connectivity index (χ1) is 8.77. The molecule has 2 rings (SSSR count). The molecule has 1 aromatic rings. The van der Waals surface area contributed by atoms with Crippen LogP contribution in [0, 0.1) is 0 Å². The highest BCUT2D eigenvalue weighted by Gasteiger charge is 2.23. The molecule has 1 heterocycles. The molecular weight excluding hydrogens is 310 g/mol. The maximum absolute atomic E-state index is 5.51. The molecule has 0 aromatic heterocycles. The van der Waals surface area contributed by atoms with Crippen molar-refractivity contribution in [1.82, 2.24) is 5.32 Å². The predicted octanol–water partition coefficient (Wildman–Crippen LogP) is 4.14. The third kappa shape index (κ3) is 3.03. The van der Waals surface area contributed by atoms with E-state index < -0.39 is 0 Å². The van der Waals surface area contributed by atoms with E-state index >= 15 is 0 Å². The van der Waals surface area contributed by atoms with E-state index in [1.165, 1.54) is 34.2 Å². The number of hydrogen-bond donors (Lipinski definition) is 1. The number of fused-ring (bicyclic) bond motifs is 1. The number of ether oxygens (including phenoxy) is 1. The van der Waals surface area contributed by atoms with Gasteiger partial charge in [0.2, 0.25) is 0 Å². The number of halogens is 1.